The number of esters is 1. The second-order valence-electron chi connectivity index (χ2n) is 2.87. The summed E-state index contributed by atoms with van der Waals surface area (Å²) in [5, 5.41) is 0. The molecule has 0 saturated carbocycles. The van der Waals surface area contributed by atoms with Crippen molar-refractivity contribution in [2.45, 2.75) is 32.0 Å². The van der Waals surface area contributed by atoms with E-state index in [1.54, 1.807) is 6.92 Å². The summed E-state index contributed by atoms with van der Waals surface area (Å²) in [6.45, 7) is 2.21. The summed E-state index contributed by atoms with van der Waals surface area (Å²) in [6, 6.07) is 0. The first-order valence-corrected chi connectivity index (χ1v) is 3.62. The van der Waals surface area contributed by atoms with Crippen LogP contribution in [-0.2, 0) is 14.3 Å². The lowest BCUT2D eigenvalue weighted by atomic mass is 10.3. The first-order chi connectivity index (χ1) is 5.41. The summed E-state index contributed by atoms with van der Waals surface area (Å²) in [5.74, 6) is -4.90. The maximum atomic E-state index is 12.2. The predicted molar refractivity (Wildman–Crippen MR) is 35.9 cm³/mol. The largest absolute Gasteiger partial charge is 0.458 e. The van der Waals surface area contributed by atoms with Crippen LogP contribution in [0.25, 0.3) is 0 Å². The van der Waals surface area contributed by atoms with Gasteiger partial charge in [-0.15, -0.1) is 0 Å². The Labute approximate surface area is 68.6 Å². The average Bonchev–Trinajstić information content (AvgIpc) is 2.59. The fourth-order valence-electron chi connectivity index (χ4n) is 0.690. The molecule has 1 rings (SSSR count). The molecular formula is C7H10F2O3. The van der Waals surface area contributed by atoms with Crippen LogP contribution >= 0.6 is 0 Å². The van der Waals surface area contributed by atoms with Crippen molar-refractivity contribution < 1.29 is 23.0 Å². The monoisotopic (exact) mass is 180 g/mol. The van der Waals surface area contributed by atoms with Gasteiger partial charge in [-0.05, 0) is 6.92 Å². The van der Waals surface area contributed by atoms with E-state index in [9.17, 15) is 13.6 Å². The van der Waals surface area contributed by atoms with E-state index >= 15 is 0 Å². The summed E-state index contributed by atoms with van der Waals surface area (Å²) < 4.78 is 33.5. The number of rotatable bonds is 3. The zero-order valence-electron chi connectivity index (χ0n) is 6.84. The summed E-state index contributed by atoms with van der Waals surface area (Å²) in [7, 11) is 0. The highest BCUT2D eigenvalue weighted by Crippen LogP contribution is 2.22. The maximum Gasteiger partial charge on any atom is 0.376 e. The Morgan fingerprint density at radius 3 is 2.50 bits per heavy atom. The van der Waals surface area contributed by atoms with Crippen molar-refractivity contribution in [2.24, 2.45) is 0 Å². The summed E-state index contributed by atoms with van der Waals surface area (Å²) in [4.78, 5) is 10.5. The summed E-state index contributed by atoms with van der Waals surface area (Å²) >= 11 is 0. The normalized spacial score (nSPS) is 28.3. The molecule has 12 heavy (non-hydrogen) atoms. The van der Waals surface area contributed by atoms with E-state index in [2.05, 4.69) is 4.74 Å². The molecule has 2 unspecified atom stereocenters. The van der Waals surface area contributed by atoms with Crippen LogP contribution in [0.15, 0.2) is 0 Å². The molecule has 0 spiro atoms. The molecule has 5 heteroatoms. The van der Waals surface area contributed by atoms with Crippen LogP contribution < -0.4 is 0 Å². The quantitative estimate of drug-likeness (QED) is 0.480. The Morgan fingerprint density at radius 2 is 2.17 bits per heavy atom. The van der Waals surface area contributed by atoms with Crippen molar-refractivity contribution in [3.05, 3.63) is 0 Å². The van der Waals surface area contributed by atoms with Gasteiger partial charge in [-0.3, -0.25) is 0 Å². The SMILES string of the molecule is CC1OC1COC(=O)C(C)(F)F. The van der Waals surface area contributed by atoms with Crippen molar-refractivity contribution >= 4 is 5.97 Å². The topological polar surface area (TPSA) is 38.8 Å². The first kappa shape index (κ1) is 9.38. The molecule has 1 fully saturated rings. The fourth-order valence-corrected chi connectivity index (χ4v) is 0.690. The molecule has 0 aliphatic carbocycles. The molecule has 1 aliphatic rings. The van der Waals surface area contributed by atoms with Crippen molar-refractivity contribution in [3.8, 4) is 0 Å². The Hall–Kier alpha value is -0.710. The molecule has 0 aromatic heterocycles. The second-order valence-corrected chi connectivity index (χ2v) is 2.87. The zero-order valence-corrected chi connectivity index (χ0v) is 6.84. The lowest BCUT2D eigenvalue weighted by Gasteiger charge is -2.08. The third-order valence-electron chi connectivity index (χ3n) is 1.57. The highest BCUT2D eigenvalue weighted by atomic mass is 19.3. The predicted octanol–water partition coefficient (Wildman–Crippen LogP) is 0.972. The van der Waals surface area contributed by atoms with Crippen LogP contribution in [-0.4, -0.2) is 30.7 Å². The molecular weight excluding hydrogens is 170 g/mol. The van der Waals surface area contributed by atoms with Crippen LogP contribution in [0.2, 0.25) is 0 Å². The van der Waals surface area contributed by atoms with Gasteiger partial charge in [0.1, 0.15) is 12.7 Å². The third-order valence-corrected chi connectivity index (χ3v) is 1.57. The van der Waals surface area contributed by atoms with Gasteiger partial charge < -0.3 is 9.47 Å². The van der Waals surface area contributed by atoms with Gasteiger partial charge in [0.15, 0.2) is 0 Å². The molecule has 2 atom stereocenters. The molecule has 0 bridgehead atoms. The van der Waals surface area contributed by atoms with Gasteiger partial charge in [0, 0.05) is 6.92 Å². The smallest absolute Gasteiger partial charge is 0.376 e. The number of carbonyl (C=O) groups is 1. The fraction of sp³-hybridized carbons (Fsp3) is 0.857. The molecule has 0 aromatic rings. The molecule has 0 N–H and O–H groups in total. The zero-order chi connectivity index (χ0) is 9.35. The van der Waals surface area contributed by atoms with E-state index in [1.165, 1.54) is 0 Å². The number of halogens is 2. The van der Waals surface area contributed by atoms with E-state index in [0.717, 1.165) is 0 Å². The summed E-state index contributed by atoms with van der Waals surface area (Å²) in [6.07, 6.45) is -0.181. The minimum absolute atomic E-state index is 0.0169. The Kier molecular flexibility index (Phi) is 2.32. The Morgan fingerprint density at radius 1 is 1.67 bits per heavy atom. The Bertz CT molecular complexity index is 188. The van der Waals surface area contributed by atoms with E-state index < -0.39 is 11.9 Å². The minimum atomic E-state index is -3.40. The maximum absolute atomic E-state index is 12.2. The highest BCUT2D eigenvalue weighted by molar-refractivity contribution is 5.76. The van der Waals surface area contributed by atoms with Crippen LogP contribution in [0.4, 0.5) is 8.78 Å². The molecule has 70 valence electrons. The highest BCUT2D eigenvalue weighted by Gasteiger charge is 2.39. The van der Waals surface area contributed by atoms with Crippen molar-refractivity contribution in [2.75, 3.05) is 6.61 Å². The lowest BCUT2D eigenvalue weighted by Crippen LogP contribution is -2.28. The van der Waals surface area contributed by atoms with Crippen LogP contribution in [0.3, 0.4) is 0 Å². The average molecular weight is 180 g/mol. The molecule has 0 radical (unpaired) electrons. The van der Waals surface area contributed by atoms with Crippen molar-refractivity contribution in [3.63, 3.8) is 0 Å². The molecule has 1 saturated heterocycles. The standard InChI is InChI=1S/C7H10F2O3/c1-4-5(12-4)3-11-6(10)7(2,8)9/h4-5H,3H2,1-2H3. The number of carbonyl (C=O) groups excluding carboxylic acids is 1. The van der Waals surface area contributed by atoms with Gasteiger partial charge >= 0.3 is 11.9 Å². The van der Waals surface area contributed by atoms with Gasteiger partial charge in [-0.1, -0.05) is 0 Å². The van der Waals surface area contributed by atoms with Gasteiger partial charge in [0.05, 0.1) is 6.10 Å². The summed E-state index contributed by atoms with van der Waals surface area (Å²) in [5.41, 5.74) is 0. The number of alkyl halides is 2. The van der Waals surface area contributed by atoms with Crippen LogP contribution in [0.5, 0.6) is 0 Å². The lowest BCUT2D eigenvalue weighted by molar-refractivity contribution is -0.169. The van der Waals surface area contributed by atoms with E-state index in [4.69, 9.17) is 4.74 Å². The molecule has 0 aromatic carbocycles. The Balaban J connectivity index is 2.19. The van der Waals surface area contributed by atoms with E-state index in [1.807, 2.05) is 0 Å². The first-order valence-electron chi connectivity index (χ1n) is 3.62. The molecule has 1 heterocycles. The van der Waals surface area contributed by atoms with Gasteiger partial charge in [-0.25, -0.2) is 4.79 Å². The second kappa shape index (κ2) is 2.97. The van der Waals surface area contributed by atoms with Crippen LogP contribution in [0, 0.1) is 0 Å². The number of hydrogen-bond acceptors (Lipinski definition) is 3. The molecule has 1 aliphatic heterocycles. The van der Waals surface area contributed by atoms with E-state index in [0.29, 0.717) is 6.92 Å². The number of hydrogen-bond donors (Lipinski definition) is 0. The molecule has 3 nitrogen and oxygen atoms in total. The van der Waals surface area contributed by atoms with Crippen molar-refractivity contribution in [1.82, 2.24) is 0 Å². The van der Waals surface area contributed by atoms with Gasteiger partial charge in [0.25, 0.3) is 0 Å². The van der Waals surface area contributed by atoms with Gasteiger partial charge in [-0.2, -0.15) is 8.78 Å². The minimum Gasteiger partial charge on any atom is -0.458 e. The molecule has 0 amide bonds. The third kappa shape index (κ3) is 2.41. The van der Waals surface area contributed by atoms with Crippen molar-refractivity contribution in [1.29, 1.82) is 0 Å². The van der Waals surface area contributed by atoms with Crippen LogP contribution in [0.1, 0.15) is 13.8 Å². The number of ether oxygens (including phenoxy) is 2. The van der Waals surface area contributed by atoms with Gasteiger partial charge in [0.2, 0.25) is 0 Å². The number of epoxide rings is 1. The van der Waals surface area contributed by atoms with E-state index in [-0.39, 0.29) is 18.8 Å².